The van der Waals surface area contributed by atoms with Gasteiger partial charge < -0.3 is 19.1 Å². The fourth-order valence-electron chi connectivity index (χ4n) is 3.97. The molecule has 2 saturated heterocycles. The van der Waals surface area contributed by atoms with Crippen molar-refractivity contribution in [3.8, 4) is 0 Å². The maximum absolute atomic E-state index is 12.3. The third-order valence-corrected chi connectivity index (χ3v) is 5.19. The number of pyridine rings is 1. The van der Waals surface area contributed by atoms with E-state index < -0.39 is 0 Å². The molecule has 0 spiro atoms. The molecule has 0 radical (unpaired) electrons. The molecule has 0 N–H and O–H groups in total. The highest BCUT2D eigenvalue weighted by molar-refractivity contribution is 5.77. The Morgan fingerprint density at radius 3 is 3.16 bits per heavy atom. The van der Waals surface area contributed by atoms with Crippen molar-refractivity contribution in [1.29, 1.82) is 0 Å². The van der Waals surface area contributed by atoms with Gasteiger partial charge in [-0.05, 0) is 38.3 Å². The van der Waals surface area contributed by atoms with Crippen LogP contribution in [0.15, 0.2) is 18.2 Å². The minimum atomic E-state index is -0.121. The number of hydrogen-bond donors (Lipinski definition) is 0. The van der Waals surface area contributed by atoms with E-state index in [4.69, 9.17) is 14.2 Å². The summed E-state index contributed by atoms with van der Waals surface area (Å²) in [6.07, 6.45) is 3.06. The van der Waals surface area contributed by atoms with Gasteiger partial charge in [0.25, 0.3) is 0 Å². The van der Waals surface area contributed by atoms with Gasteiger partial charge in [-0.25, -0.2) is 0 Å². The Morgan fingerprint density at radius 1 is 1.48 bits per heavy atom. The highest BCUT2D eigenvalue weighted by atomic mass is 16.5. The van der Waals surface area contributed by atoms with Gasteiger partial charge in [0.2, 0.25) is 5.91 Å². The molecule has 1 amide bonds. The molecule has 2 aliphatic rings. The van der Waals surface area contributed by atoms with Crippen LogP contribution in [0.25, 0.3) is 0 Å². The van der Waals surface area contributed by atoms with E-state index in [2.05, 4.69) is 4.98 Å². The number of carbonyl (C=O) groups is 1. The van der Waals surface area contributed by atoms with E-state index in [9.17, 15) is 4.79 Å². The molecule has 1 aromatic rings. The van der Waals surface area contributed by atoms with E-state index in [0.717, 1.165) is 43.8 Å². The molecule has 3 rings (SSSR count). The summed E-state index contributed by atoms with van der Waals surface area (Å²) in [6, 6.07) is 5.96. The topological polar surface area (TPSA) is 60.9 Å². The summed E-state index contributed by atoms with van der Waals surface area (Å²) in [5.41, 5.74) is 1.81. The molecule has 1 aromatic heterocycles. The molecule has 138 valence electrons. The van der Waals surface area contributed by atoms with Gasteiger partial charge in [-0.15, -0.1) is 0 Å². The molecule has 25 heavy (non-hydrogen) atoms. The van der Waals surface area contributed by atoms with Crippen molar-refractivity contribution in [2.45, 2.75) is 38.9 Å². The van der Waals surface area contributed by atoms with Gasteiger partial charge in [0.15, 0.2) is 0 Å². The lowest BCUT2D eigenvalue weighted by Crippen LogP contribution is -2.58. The van der Waals surface area contributed by atoms with Crippen molar-refractivity contribution < 1.29 is 19.0 Å². The summed E-state index contributed by atoms with van der Waals surface area (Å²) >= 11 is 0. The van der Waals surface area contributed by atoms with E-state index in [-0.39, 0.29) is 24.0 Å². The zero-order valence-corrected chi connectivity index (χ0v) is 15.2. The second-order valence-corrected chi connectivity index (χ2v) is 7.13. The van der Waals surface area contributed by atoms with Crippen molar-refractivity contribution >= 4 is 5.91 Å². The van der Waals surface area contributed by atoms with Gasteiger partial charge in [0, 0.05) is 37.9 Å². The van der Waals surface area contributed by atoms with Crippen LogP contribution in [0, 0.1) is 12.3 Å². The van der Waals surface area contributed by atoms with Gasteiger partial charge in [-0.3, -0.25) is 9.78 Å². The van der Waals surface area contributed by atoms with Gasteiger partial charge in [0.1, 0.15) is 6.61 Å². The second kappa shape index (κ2) is 8.25. The highest BCUT2D eigenvalue weighted by Gasteiger charge is 2.47. The van der Waals surface area contributed by atoms with Crippen LogP contribution >= 0.6 is 0 Å². The third kappa shape index (κ3) is 4.37. The number of fused-ring (bicyclic) bond motifs is 1. The van der Waals surface area contributed by atoms with Crippen LogP contribution in [-0.2, 0) is 25.6 Å². The van der Waals surface area contributed by atoms with Gasteiger partial charge in [-0.2, -0.15) is 0 Å². The number of methoxy groups -OCH3 is 1. The summed E-state index contributed by atoms with van der Waals surface area (Å²) in [4.78, 5) is 18.7. The fraction of sp³-hybridized carbons (Fsp3) is 0.684. The van der Waals surface area contributed by atoms with E-state index in [1.807, 2.05) is 30.0 Å². The number of likely N-dealkylation sites (tertiary alicyclic amines) is 1. The number of hydrogen-bond acceptors (Lipinski definition) is 5. The second-order valence-electron chi connectivity index (χ2n) is 7.13. The van der Waals surface area contributed by atoms with Crippen LogP contribution in [0.5, 0.6) is 0 Å². The molecule has 2 fully saturated rings. The Morgan fingerprint density at radius 2 is 2.36 bits per heavy atom. The maximum Gasteiger partial charge on any atom is 0.248 e. The van der Waals surface area contributed by atoms with E-state index in [1.165, 1.54) is 0 Å². The molecular formula is C19H28N2O4. The lowest BCUT2D eigenvalue weighted by atomic mass is 9.73. The van der Waals surface area contributed by atoms with Gasteiger partial charge >= 0.3 is 0 Å². The summed E-state index contributed by atoms with van der Waals surface area (Å²) in [5, 5.41) is 0. The normalized spacial score (nSPS) is 26.3. The SMILES string of the molecule is COCC(=O)N1CC[C@H]2OCCC[C@]2(COCc2cccc(C)n2)C1. The average molecular weight is 348 g/mol. The third-order valence-electron chi connectivity index (χ3n) is 5.19. The highest BCUT2D eigenvalue weighted by Crippen LogP contribution is 2.40. The van der Waals surface area contributed by atoms with Gasteiger partial charge in [-0.1, -0.05) is 6.07 Å². The number of aryl methyl sites for hydroxylation is 1. The maximum atomic E-state index is 12.3. The zero-order valence-electron chi connectivity index (χ0n) is 15.2. The zero-order chi connectivity index (χ0) is 17.7. The van der Waals surface area contributed by atoms with Crippen LogP contribution in [0.2, 0.25) is 0 Å². The minimum Gasteiger partial charge on any atom is -0.377 e. The summed E-state index contributed by atoms with van der Waals surface area (Å²) in [7, 11) is 1.56. The number of ether oxygens (including phenoxy) is 3. The summed E-state index contributed by atoms with van der Waals surface area (Å²) in [5.74, 6) is 0.0475. The first-order chi connectivity index (χ1) is 12.1. The molecule has 0 bridgehead atoms. The summed E-state index contributed by atoms with van der Waals surface area (Å²) in [6.45, 7) is 5.41. The predicted octanol–water partition coefficient (Wildman–Crippen LogP) is 1.95. The lowest BCUT2D eigenvalue weighted by molar-refractivity contribution is -0.168. The first-order valence-corrected chi connectivity index (χ1v) is 9.01. The van der Waals surface area contributed by atoms with Crippen molar-refractivity contribution in [1.82, 2.24) is 9.88 Å². The summed E-state index contributed by atoms with van der Waals surface area (Å²) < 4.78 is 17.1. The quantitative estimate of drug-likeness (QED) is 0.786. The lowest BCUT2D eigenvalue weighted by Gasteiger charge is -2.50. The molecule has 0 aliphatic carbocycles. The number of piperidine rings is 1. The van der Waals surface area contributed by atoms with Crippen molar-refractivity contribution in [2.24, 2.45) is 5.41 Å². The Balaban J connectivity index is 1.64. The largest absolute Gasteiger partial charge is 0.377 e. The molecular weight excluding hydrogens is 320 g/mol. The van der Waals surface area contributed by atoms with Gasteiger partial charge in [0.05, 0.1) is 25.0 Å². The molecule has 0 saturated carbocycles. The Labute approximate surface area is 149 Å². The number of rotatable bonds is 6. The van der Waals surface area contributed by atoms with Crippen LogP contribution in [0.4, 0.5) is 0 Å². The van der Waals surface area contributed by atoms with Crippen molar-refractivity contribution in [2.75, 3.05) is 40.0 Å². The Kier molecular flexibility index (Phi) is 6.04. The van der Waals surface area contributed by atoms with E-state index in [1.54, 1.807) is 7.11 Å². The molecule has 2 aliphatic heterocycles. The monoisotopic (exact) mass is 348 g/mol. The minimum absolute atomic E-state index is 0.0475. The number of carbonyl (C=O) groups excluding carboxylic acids is 1. The molecule has 6 heteroatoms. The Hall–Kier alpha value is -1.50. The average Bonchev–Trinajstić information content (AvgIpc) is 2.61. The first-order valence-electron chi connectivity index (χ1n) is 9.01. The van der Waals surface area contributed by atoms with Crippen molar-refractivity contribution in [3.63, 3.8) is 0 Å². The first kappa shape index (κ1) is 18.3. The van der Waals surface area contributed by atoms with Crippen LogP contribution in [0.3, 0.4) is 0 Å². The van der Waals surface area contributed by atoms with E-state index in [0.29, 0.717) is 19.8 Å². The standard InChI is InChI=1S/C19H28N2O4/c1-15-5-3-6-16(20-15)11-24-14-19-8-4-10-25-17(19)7-9-21(13-19)18(22)12-23-2/h3,5-6,17H,4,7-14H2,1-2H3/t17-,19-/m1/s1. The Bertz CT molecular complexity index is 595. The molecule has 0 unspecified atom stereocenters. The molecule has 3 heterocycles. The van der Waals surface area contributed by atoms with E-state index >= 15 is 0 Å². The van der Waals surface area contributed by atoms with Crippen LogP contribution in [-0.4, -0.2) is 61.9 Å². The van der Waals surface area contributed by atoms with Crippen LogP contribution in [0.1, 0.15) is 30.7 Å². The smallest absolute Gasteiger partial charge is 0.248 e. The number of nitrogens with zero attached hydrogens (tertiary/aromatic N) is 2. The number of aromatic nitrogens is 1. The molecule has 6 nitrogen and oxygen atoms in total. The molecule has 0 aromatic carbocycles. The predicted molar refractivity (Wildman–Crippen MR) is 93.1 cm³/mol. The van der Waals surface area contributed by atoms with Crippen LogP contribution < -0.4 is 0 Å². The van der Waals surface area contributed by atoms with Crippen molar-refractivity contribution in [3.05, 3.63) is 29.6 Å². The molecule has 2 atom stereocenters. The number of amides is 1. The fourth-order valence-corrected chi connectivity index (χ4v) is 3.97.